The fourth-order valence-corrected chi connectivity index (χ4v) is 2.54. The van der Waals surface area contributed by atoms with E-state index in [0.29, 0.717) is 22.7 Å². The summed E-state index contributed by atoms with van der Waals surface area (Å²) in [6.07, 6.45) is 4.04. The number of nitrogens with one attached hydrogen (secondary N) is 3. The van der Waals surface area contributed by atoms with Crippen LogP contribution in [-0.2, 0) is 0 Å². The normalized spacial score (nSPS) is 11.6. The van der Waals surface area contributed by atoms with Gasteiger partial charge in [-0.1, -0.05) is 0 Å². The third kappa shape index (κ3) is 3.80. The van der Waals surface area contributed by atoms with Crippen LogP contribution >= 0.6 is 0 Å². The molecule has 0 bridgehead atoms. The molecule has 3 heterocycles. The topological polar surface area (TPSA) is 153 Å². The van der Waals surface area contributed by atoms with E-state index in [1.807, 2.05) is 0 Å². The fourth-order valence-electron chi connectivity index (χ4n) is 2.54. The molecule has 0 radical (unpaired) electrons. The molecule has 3 aromatic rings. The molecule has 3 N–H and O–H groups in total. The van der Waals surface area contributed by atoms with Crippen LogP contribution in [0.5, 0.6) is 11.5 Å². The molecule has 0 fully saturated rings. The lowest BCUT2D eigenvalue weighted by Crippen LogP contribution is -2.30. The summed E-state index contributed by atoms with van der Waals surface area (Å²) in [4.78, 5) is 34.7. The van der Waals surface area contributed by atoms with Crippen LogP contribution < -0.4 is 25.6 Å². The Morgan fingerprint density at radius 2 is 1.83 bits per heavy atom. The lowest BCUT2D eigenvalue weighted by atomic mass is 10.2. The number of pyridine rings is 1. The van der Waals surface area contributed by atoms with Gasteiger partial charge in [-0.2, -0.15) is 0 Å². The van der Waals surface area contributed by atoms with Gasteiger partial charge in [0.15, 0.2) is 11.5 Å². The second kappa shape index (κ2) is 7.64. The van der Waals surface area contributed by atoms with Crippen LogP contribution in [0.2, 0.25) is 0 Å². The summed E-state index contributed by atoms with van der Waals surface area (Å²) in [5.41, 5.74) is 5.20. The van der Waals surface area contributed by atoms with E-state index >= 15 is 0 Å². The van der Waals surface area contributed by atoms with Crippen LogP contribution in [0.4, 0.5) is 23.0 Å². The highest BCUT2D eigenvalue weighted by Crippen LogP contribution is 2.36. The summed E-state index contributed by atoms with van der Waals surface area (Å²) in [7, 11) is 0. The SMILES string of the molecule is O=C(NNc1ncnc(Nc2ccc3c(c2)OCO3)c1[N+](=O)[O-])c1ccncc1. The van der Waals surface area contributed by atoms with Crippen molar-refractivity contribution in [2.75, 3.05) is 17.5 Å². The summed E-state index contributed by atoms with van der Waals surface area (Å²) in [6.45, 7) is 0.109. The van der Waals surface area contributed by atoms with Crippen molar-refractivity contribution >= 4 is 28.9 Å². The predicted molar refractivity (Wildman–Crippen MR) is 99.9 cm³/mol. The number of hydrogen-bond acceptors (Lipinski definition) is 10. The number of nitrogens with zero attached hydrogens (tertiary/aromatic N) is 4. The van der Waals surface area contributed by atoms with Gasteiger partial charge < -0.3 is 14.8 Å². The lowest BCUT2D eigenvalue weighted by molar-refractivity contribution is -0.383. The molecule has 0 spiro atoms. The zero-order valence-corrected chi connectivity index (χ0v) is 14.7. The second-order valence-electron chi connectivity index (χ2n) is 5.68. The molecule has 12 nitrogen and oxygen atoms in total. The van der Waals surface area contributed by atoms with Crippen LogP contribution in [0.3, 0.4) is 0 Å². The average Bonchev–Trinajstić information content (AvgIpc) is 3.20. The third-order valence-electron chi connectivity index (χ3n) is 3.88. The number of rotatable bonds is 6. The second-order valence-corrected chi connectivity index (χ2v) is 5.68. The number of ether oxygens (including phenoxy) is 2. The van der Waals surface area contributed by atoms with Crippen molar-refractivity contribution in [3.63, 3.8) is 0 Å². The van der Waals surface area contributed by atoms with Crippen molar-refractivity contribution in [1.82, 2.24) is 20.4 Å². The fraction of sp³-hybridized carbons (Fsp3) is 0.0588. The van der Waals surface area contributed by atoms with Crippen LogP contribution in [0.1, 0.15) is 10.4 Å². The van der Waals surface area contributed by atoms with Gasteiger partial charge in [0.05, 0.1) is 4.92 Å². The highest BCUT2D eigenvalue weighted by molar-refractivity contribution is 5.94. The minimum atomic E-state index is -0.657. The van der Waals surface area contributed by atoms with Gasteiger partial charge in [-0.25, -0.2) is 9.97 Å². The minimum absolute atomic E-state index is 0.0653. The number of aromatic nitrogens is 3. The minimum Gasteiger partial charge on any atom is -0.454 e. The third-order valence-corrected chi connectivity index (χ3v) is 3.88. The molecule has 0 unspecified atom stereocenters. The molecule has 1 amide bonds. The molecule has 0 saturated carbocycles. The number of fused-ring (bicyclic) bond motifs is 1. The Hall–Kier alpha value is -4.48. The zero-order valence-electron chi connectivity index (χ0n) is 14.7. The Morgan fingerprint density at radius 1 is 1.07 bits per heavy atom. The van der Waals surface area contributed by atoms with Gasteiger partial charge in [-0.15, -0.1) is 0 Å². The first-order valence-electron chi connectivity index (χ1n) is 8.24. The van der Waals surface area contributed by atoms with Gasteiger partial charge in [-0.3, -0.25) is 30.7 Å². The van der Waals surface area contributed by atoms with E-state index in [0.717, 1.165) is 6.33 Å². The number of benzene rings is 1. The molecule has 0 aliphatic carbocycles. The van der Waals surface area contributed by atoms with Gasteiger partial charge in [0.1, 0.15) is 6.33 Å². The maximum atomic E-state index is 12.1. The van der Waals surface area contributed by atoms with Gasteiger partial charge in [0.2, 0.25) is 18.4 Å². The number of hydrogen-bond donors (Lipinski definition) is 3. The Balaban J connectivity index is 1.56. The maximum absolute atomic E-state index is 12.1. The monoisotopic (exact) mass is 395 g/mol. The molecule has 0 saturated heterocycles. The molecule has 4 rings (SSSR count). The van der Waals surface area contributed by atoms with Crippen LogP contribution in [0.25, 0.3) is 0 Å². The standard InChI is InChI=1S/C17H13N7O5/c25-17(10-3-5-18-6-4-10)23-22-16-14(24(26)27)15(19-8-20-16)21-11-1-2-12-13(7-11)29-9-28-12/h1-8H,9H2,(H,23,25)(H2,19,20,21,22). The van der Waals surface area contributed by atoms with E-state index in [9.17, 15) is 14.9 Å². The molecule has 2 aromatic heterocycles. The molecular formula is C17H13N7O5. The molecule has 1 aliphatic rings. The first-order chi connectivity index (χ1) is 14.1. The van der Waals surface area contributed by atoms with Crippen molar-refractivity contribution in [3.05, 3.63) is 64.7 Å². The van der Waals surface area contributed by atoms with Gasteiger partial charge in [-0.05, 0) is 24.3 Å². The summed E-state index contributed by atoms with van der Waals surface area (Å²) in [6, 6.07) is 7.96. The van der Waals surface area contributed by atoms with E-state index in [1.165, 1.54) is 24.5 Å². The lowest BCUT2D eigenvalue weighted by Gasteiger charge is -2.11. The molecular weight excluding hydrogens is 382 g/mol. The molecule has 1 aliphatic heterocycles. The number of hydrazine groups is 1. The van der Waals surface area contributed by atoms with E-state index in [2.05, 4.69) is 31.1 Å². The summed E-state index contributed by atoms with van der Waals surface area (Å²) in [5.74, 6) is 0.328. The van der Waals surface area contributed by atoms with Crippen molar-refractivity contribution in [3.8, 4) is 11.5 Å². The Bertz CT molecular complexity index is 1080. The van der Waals surface area contributed by atoms with Crippen molar-refractivity contribution in [2.24, 2.45) is 0 Å². The highest BCUT2D eigenvalue weighted by Gasteiger charge is 2.24. The average molecular weight is 395 g/mol. The zero-order chi connectivity index (χ0) is 20.2. The van der Waals surface area contributed by atoms with E-state index in [-0.39, 0.29) is 18.4 Å². The molecule has 12 heteroatoms. The predicted octanol–water partition coefficient (Wildman–Crippen LogP) is 2.01. The number of carbonyl (C=O) groups is 1. The van der Waals surface area contributed by atoms with Gasteiger partial charge >= 0.3 is 5.69 Å². The summed E-state index contributed by atoms with van der Waals surface area (Å²) in [5, 5.41) is 14.5. The van der Waals surface area contributed by atoms with Crippen LogP contribution in [-0.4, -0.2) is 32.6 Å². The maximum Gasteiger partial charge on any atom is 0.355 e. The van der Waals surface area contributed by atoms with Crippen LogP contribution in [0, 0.1) is 10.1 Å². The number of nitro groups is 1. The smallest absolute Gasteiger partial charge is 0.355 e. The molecule has 146 valence electrons. The van der Waals surface area contributed by atoms with Gasteiger partial charge in [0.25, 0.3) is 5.91 Å². The van der Waals surface area contributed by atoms with Gasteiger partial charge in [0, 0.05) is 29.7 Å². The first kappa shape index (κ1) is 17.9. The van der Waals surface area contributed by atoms with Crippen molar-refractivity contribution in [1.29, 1.82) is 0 Å². The van der Waals surface area contributed by atoms with E-state index < -0.39 is 16.5 Å². The quantitative estimate of drug-likeness (QED) is 0.417. The number of anilines is 3. The summed E-state index contributed by atoms with van der Waals surface area (Å²) >= 11 is 0. The number of amides is 1. The Kier molecular flexibility index (Phi) is 4.72. The Labute approximate surface area is 163 Å². The molecule has 1 aromatic carbocycles. The Morgan fingerprint density at radius 3 is 2.62 bits per heavy atom. The molecule has 0 atom stereocenters. The van der Waals surface area contributed by atoms with E-state index in [1.54, 1.807) is 18.2 Å². The number of carbonyl (C=O) groups excluding carboxylic acids is 1. The van der Waals surface area contributed by atoms with Crippen LogP contribution in [0.15, 0.2) is 49.1 Å². The summed E-state index contributed by atoms with van der Waals surface area (Å²) < 4.78 is 10.5. The first-order valence-corrected chi connectivity index (χ1v) is 8.24. The van der Waals surface area contributed by atoms with Crippen molar-refractivity contribution in [2.45, 2.75) is 0 Å². The highest BCUT2D eigenvalue weighted by atomic mass is 16.7. The molecule has 29 heavy (non-hydrogen) atoms. The van der Waals surface area contributed by atoms with Crippen molar-refractivity contribution < 1.29 is 19.2 Å². The largest absolute Gasteiger partial charge is 0.454 e. The van der Waals surface area contributed by atoms with E-state index in [4.69, 9.17) is 9.47 Å².